The van der Waals surface area contributed by atoms with Crippen molar-refractivity contribution in [1.82, 2.24) is 4.98 Å². The van der Waals surface area contributed by atoms with Crippen molar-refractivity contribution < 1.29 is 5.11 Å². The predicted molar refractivity (Wildman–Crippen MR) is 62.0 cm³/mol. The van der Waals surface area contributed by atoms with Gasteiger partial charge in [0.05, 0.1) is 17.7 Å². The van der Waals surface area contributed by atoms with Crippen molar-refractivity contribution >= 4 is 16.6 Å². The van der Waals surface area contributed by atoms with Gasteiger partial charge in [0.2, 0.25) is 0 Å². The third-order valence-corrected chi connectivity index (χ3v) is 2.32. The van der Waals surface area contributed by atoms with Gasteiger partial charge in [0.15, 0.2) is 0 Å². The van der Waals surface area contributed by atoms with Crippen molar-refractivity contribution in [3.05, 3.63) is 36.0 Å². The molecule has 0 saturated heterocycles. The van der Waals surface area contributed by atoms with E-state index in [4.69, 9.17) is 10.4 Å². The van der Waals surface area contributed by atoms with Crippen LogP contribution < -0.4 is 5.32 Å². The smallest absolute Gasteiger partial charge is 0.101 e. The number of nitrogens with zero attached hydrogens (tertiary/aromatic N) is 2. The highest BCUT2D eigenvalue weighted by Gasteiger charge is 2.05. The summed E-state index contributed by atoms with van der Waals surface area (Å²) in [4.78, 5) is 4.20. The Labute approximate surface area is 93.2 Å². The normalized spacial score (nSPS) is 10.0. The topological polar surface area (TPSA) is 68.9 Å². The van der Waals surface area contributed by atoms with Crippen LogP contribution >= 0.6 is 0 Å². The van der Waals surface area contributed by atoms with E-state index in [1.807, 2.05) is 18.2 Å². The van der Waals surface area contributed by atoms with Crippen LogP contribution in [0.1, 0.15) is 5.56 Å². The van der Waals surface area contributed by atoms with Crippen LogP contribution in [0.5, 0.6) is 0 Å². The summed E-state index contributed by atoms with van der Waals surface area (Å²) in [7, 11) is 0. The summed E-state index contributed by atoms with van der Waals surface area (Å²) in [5, 5.41) is 21.7. The van der Waals surface area contributed by atoms with Gasteiger partial charge in [0.25, 0.3) is 0 Å². The van der Waals surface area contributed by atoms with Crippen molar-refractivity contribution in [3.8, 4) is 6.07 Å². The SMILES string of the molecule is N#Cc1ccc(NCCO)c2cccnc12. The second-order valence-electron chi connectivity index (χ2n) is 3.32. The zero-order valence-electron chi connectivity index (χ0n) is 8.64. The molecule has 80 valence electrons. The van der Waals surface area contributed by atoms with Gasteiger partial charge in [-0.2, -0.15) is 5.26 Å². The molecule has 1 heterocycles. The molecule has 0 aliphatic heterocycles. The number of nitrogens with one attached hydrogen (secondary N) is 1. The van der Waals surface area contributed by atoms with Gasteiger partial charge in [-0.15, -0.1) is 0 Å². The van der Waals surface area contributed by atoms with Gasteiger partial charge in [-0.1, -0.05) is 0 Å². The van der Waals surface area contributed by atoms with Gasteiger partial charge < -0.3 is 10.4 Å². The molecule has 0 fully saturated rings. The van der Waals surface area contributed by atoms with Gasteiger partial charge >= 0.3 is 0 Å². The number of rotatable bonds is 3. The van der Waals surface area contributed by atoms with E-state index in [0.717, 1.165) is 11.1 Å². The van der Waals surface area contributed by atoms with Crippen LogP contribution in [0.3, 0.4) is 0 Å². The van der Waals surface area contributed by atoms with E-state index in [9.17, 15) is 0 Å². The maximum absolute atomic E-state index is 8.95. The Bertz CT molecular complexity index is 545. The monoisotopic (exact) mass is 213 g/mol. The number of hydrogen-bond acceptors (Lipinski definition) is 4. The number of aromatic nitrogens is 1. The summed E-state index contributed by atoms with van der Waals surface area (Å²) in [6.07, 6.45) is 1.67. The molecule has 0 bridgehead atoms. The molecule has 1 aromatic heterocycles. The molecule has 2 rings (SSSR count). The van der Waals surface area contributed by atoms with Crippen LogP contribution in [0.25, 0.3) is 10.9 Å². The molecule has 0 unspecified atom stereocenters. The Balaban J connectivity index is 2.57. The number of hydrogen-bond donors (Lipinski definition) is 2. The highest BCUT2D eigenvalue weighted by Crippen LogP contribution is 2.24. The van der Waals surface area contributed by atoms with Crippen molar-refractivity contribution in [2.45, 2.75) is 0 Å². The van der Waals surface area contributed by atoms with Crippen molar-refractivity contribution in [2.75, 3.05) is 18.5 Å². The fraction of sp³-hybridized carbons (Fsp3) is 0.167. The lowest BCUT2D eigenvalue weighted by Gasteiger charge is -2.08. The van der Waals surface area contributed by atoms with Crippen LogP contribution in [0, 0.1) is 11.3 Å². The first-order valence-corrected chi connectivity index (χ1v) is 4.99. The van der Waals surface area contributed by atoms with Gasteiger partial charge in [-0.25, -0.2) is 0 Å². The first-order valence-electron chi connectivity index (χ1n) is 4.99. The van der Waals surface area contributed by atoms with E-state index in [-0.39, 0.29) is 6.61 Å². The molecule has 2 aromatic rings. The van der Waals surface area contributed by atoms with Crippen LogP contribution in [0.4, 0.5) is 5.69 Å². The summed E-state index contributed by atoms with van der Waals surface area (Å²) in [5.74, 6) is 0. The molecule has 0 radical (unpaired) electrons. The maximum atomic E-state index is 8.95. The maximum Gasteiger partial charge on any atom is 0.101 e. The van der Waals surface area contributed by atoms with Crippen LogP contribution in [0.2, 0.25) is 0 Å². The molecular weight excluding hydrogens is 202 g/mol. The minimum Gasteiger partial charge on any atom is -0.395 e. The van der Waals surface area contributed by atoms with E-state index >= 15 is 0 Å². The highest BCUT2D eigenvalue weighted by molar-refractivity contribution is 5.94. The first kappa shape index (κ1) is 10.4. The Morgan fingerprint density at radius 2 is 2.25 bits per heavy atom. The Kier molecular flexibility index (Phi) is 2.99. The summed E-state index contributed by atoms with van der Waals surface area (Å²) in [5.41, 5.74) is 2.13. The molecule has 1 aromatic carbocycles. The summed E-state index contributed by atoms with van der Waals surface area (Å²) >= 11 is 0. The summed E-state index contributed by atoms with van der Waals surface area (Å²) in [6.45, 7) is 0.553. The van der Waals surface area contributed by atoms with Gasteiger partial charge in [-0.05, 0) is 24.3 Å². The number of fused-ring (bicyclic) bond motifs is 1. The summed E-state index contributed by atoms with van der Waals surface area (Å²) < 4.78 is 0. The number of pyridine rings is 1. The minimum atomic E-state index is 0.0712. The Hall–Kier alpha value is -2.12. The van der Waals surface area contributed by atoms with E-state index in [0.29, 0.717) is 17.6 Å². The van der Waals surface area contributed by atoms with Gasteiger partial charge in [0, 0.05) is 23.8 Å². The van der Waals surface area contributed by atoms with E-state index in [1.165, 1.54) is 0 Å². The highest BCUT2D eigenvalue weighted by atomic mass is 16.3. The lowest BCUT2D eigenvalue weighted by atomic mass is 10.1. The predicted octanol–water partition coefficient (Wildman–Crippen LogP) is 1.51. The Morgan fingerprint density at radius 1 is 1.38 bits per heavy atom. The summed E-state index contributed by atoms with van der Waals surface area (Å²) in [6, 6.07) is 9.41. The molecule has 4 heteroatoms. The average molecular weight is 213 g/mol. The molecule has 4 nitrogen and oxygen atoms in total. The molecule has 0 amide bonds. The van der Waals surface area contributed by atoms with E-state index in [2.05, 4.69) is 16.4 Å². The zero-order valence-corrected chi connectivity index (χ0v) is 8.64. The molecule has 0 aliphatic carbocycles. The lowest BCUT2D eigenvalue weighted by Crippen LogP contribution is -2.06. The zero-order chi connectivity index (χ0) is 11.4. The van der Waals surface area contributed by atoms with Crippen LogP contribution in [0.15, 0.2) is 30.5 Å². The second kappa shape index (κ2) is 4.60. The number of benzene rings is 1. The van der Waals surface area contributed by atoms with Gasteiger partial charge in [-0.3, -0.25) is 4.98 Å². The fourth-order valence-electron chi connectivity index (χ4n) is 1.61. The van der Waals surface area contributed by atoms with Crippen molar-refractivity contribution in [2.24, 2.45) is 0 Å². The Morgan fingerprint density at radius 3 is 3.00 bits per heavy atom. The second-order valence-corrected chi connectivity index (χ2v) is 3.32. The number of nitriles is 1. The van der Waals surface area contributed by atoms with E-state index < -0.39 is 0 Å². The minimum absolute atomic E-state index is 0.0712. The van der Waals surface area contributed by atoms with Crippen LogP contribution in [-0.4, -0.2) is 23.2 Å². The van der Waals surface area contributed by atoms with Crippen molar-refractivity contribution in [1.29, 1.82) is 5.26 Å². The standard InChI is InChI=1S/C12H11N3O/c13-8-9-3-4-11(14-6-7-16)10-2-1-5-15-12(9)10/h1-5,14,16H,6-7H2. The third kappa shape index (κ3) is 1.81. The molecule has 0 aliphatic rings. The molecular formula is C12H11N3O. The fourth-order valence-corrected chi connectivity index (χ4v) is 1.61. The average Bonchev–Trinajstić information content (AvgIpc) is 2.36. The molecule has 0 atom stereocenters. The molecule has 16 heavy (non-hydrogen) atoms. The van der Waals surface area contributed by atoms with E-state index in [1.54, 1.807) is 12.3 Å². The van der Waals surface area contributed by atoms with Gasteiger partial charge in [0.1, 0.15) is 6.07 Å². The molecule has 0 saturated carbocycles. The third-order valence-electron chi connectivity index (χ3n) is 2.32. The quantitative estimate of drug-likeness (QED) is 0.810. The lowest BCUT2D eigenvalue weighted by molar-refractivity contribution is 0.311. The first-order chi connectivity index (χ1) is 7.86. The van der Waals surface area contributed by atoms with Crippen molar-refractivity contribution in [3.63, 3.8) is 0 Å². The number of anilines is 1. The van der Waals surface area contributed by atoms with Crippen LogP contribution in [-0.2, 0) is 0 Å². The molecule has 0 spiro atoms. The largest absolute Gasteiger partial charge is 0.395 e. The number of aliphatic hydroxyl groups is 1. The number of aliphatic hydroxyl groups excluding tert-OH is 1. The molecule has 2 N–H and O–H groups in total.